The van der Waals surface area contributed by atoms with E-state index in [1.54, 1.807) is 38.3 Å². The van der Waals surface area contributed by atoms with Gasteiger partial charge in [0.25, 0.3) is 11.8 Å². The quantitative estimate of drug-likeness (QED) is 0.665. The molecule has 0 heterocycles. The molecule has 0 aliphatic rings. The minimum Gasteiger partial charge on any atom is -0.481 e. The van der Waals surface area contributed by atoms with Crippen molar-refractivity contribution in [2.24, 2.45) is 0 Å². The fraction of sp³-hybridized carbons (Fsp3) is 0.333. The summed E-state index contributed by atoms with van der Waals surface area (Å²) in [5.41, 5.74) is 2.03. The molecule has 2 aromatic rings. The maximum absolute atomic E-state index is 12.5. The van der Waals surface area contributed by atoms with Gasteiger partial charge in [0.2, 0.25) is 0 Å². The molecule has 27 heavy (non-hydrogen) atoms. The van der Waals surface area contributed by atoms with E-state index >= 15 is 0 Å². The zero-order chi connectivity index (χ0) is 19.6. The lowest BCUT2D eigenvalue weighted by atomic mass is 10.1. The number of methoxy groups -OCH3 is 1. The predicted molar refractivity (Wildman–Crippen MR) is 105 cm³/mol. The van der Waals surface area contributed by atoms with Gasteiger partial charge in [-0.3, -0.25) is 9.59 Å². The van der Waals surface area contributed by atoms with Crippen molar-refractivity contribution in [1.82, 2.24) is 5.32 Å². The van der Waals surface area contributed by atoms with E-state index in [9.17, 15) is 9.59 Å². The predicted octanol–water partition coefficient (Wildman–Crippen LogP) is 3.03. The first-order valence-corrected chi connectivity index (χ1v) is 8.97. The second-order valence-electron chi connectivity index (χ2n) is 6.04. The van der Waals surface area contributed by atoms with Crippen LogP contribution >= 0.6 is 0 Å². The van der Waals surface area contributed by atoms with E-state index in [1.165, 1.54) is 5.56 Å². The van der Waals surface area contributed by atoms with Gasteiger partial charge in [-0.25, -0.2) is 0 Å². The molecule has 0 aliphatic carbocycles. The summed E-state index contributed by atoms with van der Waals surface area (Å²) in [7, 11) is 1.57. The van der Waals surface area contributed by atoms with Crippen molar-refractivity contribution in [1.29, 1.82) is 0 Å². The molecular weight excluding hydrogens is 344 g/mol. The lowest BCUT2D eigenvalue weighted by Gasteiger charge is -2.16. The number of aryl methyl sites for hydroxylation is 1. The van der Waals surface area contributed by atoms with Crippen LogP contribution in [-0.2, 0) is 16.0 Å². The van der Waals surface area contributed by atoms with Gasteiger partial charge in [0.05, 0.1) is 17.9 Å². The number of ether oxygens (including phenoxy) is 2. The number of nitrogens with one attached hydrogen (secondary N) is 2. The Morgan fingerprint density at radius 3 is 2.44 bits per heavy atom. The van der Waals surface area contributed by atoms with Crippen molar-refractivity contribution < 1.29 is 19.1 Å². The van der Waals surface area contributed by atoms with Crippen molar-refractivity contribution in [3.8, 4) is 5.75 Å². The third-order valence-corrected chi connectivity index (χ3v) is 4.03. The maximum Gasteiger partial charge on any atom is 0.265 e. The van der Waals surface area contributed by atoms with Crippen LogP contribution in [0.15, 0.2) is 48.5 Å². The molecule has 0 bridgehead atoms. The largest absolute Gasteiger partial charge is 0.481 e. The average molecular weight is 370 g/mol. The molecule has 2 amide bonds. The highest BCUT2D eigenvalue weighted by atomic mass is 16.5. The molecule has 6 nitrogen and oxygen atoms in total. The van der Waals surface area contributed by atoms with Gasteiger partial charge in [0.1, 0.15) is 5.75 Å². The van der Waals surface area contributed by atoms with Gasteiger partial charge in [0.15, 0.2) is 6.10 Å². The van der Waals surface area contributed by atoms with Gasteiger partial charge < -0.3 is 20.1 Å². The van der Waals surface area contributed by atoms with E-state index in [0.29, 0.717) is 30.2 Å². The summed E-state index contributed by atoms with van der Waals surface area (Å²) < 4.78 is 10.6. The number of hydrogen-bond acceptors (Lipinski definition) is 4. The molecule has 2 rings (SSSR count). The number of para-hydroxylation sites is 1. The van der Waals surface area contributed by atoms with E-state index < -0.39 is 6.10 Å². The van der Waals surface area contributed by atoms with Crippen LogP contribution in [0.2, 0.25) is 0 Å². The van der Waals surface area contributed by atoms with Crippen molar-refractivity contribution in [3.63, 3.8) is 0 Å². The Bertz CT molecular complexity index is 759. The Morgan fingerprint density at radius 1 is 1.07 bits per heavy atom. The Kier molecular flexibility index (Phi) is 7.82. The Hall–Kier alpha value is -2.86. The fourth-order valence-electron chi connectivity index (χ4n) is 2.45. The summed E-state index contributed by atoms with van der Waals surface area (Å²) in [6.07, 6.45) is 0.238. The molecule has 0 spiro atoms. The van der Waals surface area contributed by atoms with Crippen molar-refractivity contribution in [3.05, 3.63) is 59.7 Å². The van der Waals surface area contributed by atoms with E-state index in [2.05, 4.69) is 17.6 Å². The molecule has 1 unspecified atom stereocenters. The van der Waals surface area contributed by atoms with Crippen LogP contribution in [-0.4, -0.2) is 38.2 Å². The van der Waals surface area contributed by atoms with Gasteiger partial charge in [-0.05, 0) is 43.2 Å². The fourth-order valence-corrected chi connectivity index (χ4v) is 2.45. The summed E-state index contributed by atoms with van der Waals surface area (Å²) >= 11 is 0. The third-order valence-electron chi connectivity index (χ3n) is 4.03. The second-order valence-corrected chi connectivity index (χ2v) is 6.04. The van der Waals surface area contributed by atoms with Gasteiger partial charge in [-0.15, -0.1) is 0 Å². The third kappa shape index (κ3) is 6.11. The zero-order valence-electron chi connectivity index (χ0n) is 16.0. The molecule has 2 aromatic carbocycles. The van der Waals surface area contributed by atoms with Crippen molar-refractivity contribution in [2.45, 2.75) is 26.4 Å². The number of amides is 2. The number of benzene rings is 2. The van der Waals surface area contributed by atoms with E-state index in [0.717, 1.165) is 6.42 Å². The van der Waals surface area contributed by atoms with Gasteiger partial charge in [-0.1, -0.05) is 31.2 Å². The van der Waals surface area contributed by atoms with Crippen LogP contribution < -0.4 is 15.4 Å². The highest BCUT2D eigenvalue weighted by molar-refractivity contribution is 6.04. The summed E-state index contributed by atoms with van der Waals surface area (Å²) in [4.78, 5) is 24.8. The molecule has 0 saturated carbocycles. The monoisotopic (exact) mass is 370 g/mol. The number of hydrogen-bond donors (Lipinski definition) is 2. The molecule has 0 aromatic heterocycles. The van der Waals surface area contributed by atoms with Gasteiger partial charge in [-0.2, -0.15) is 0 Å². The Morgan fingerprint density at radius 2 is 1.78 bits per heavy atom. The van der Waals surface area contributed by atoms with Crippen molar-refractivity contribution >= 4 is 17.5 Å². The molecule has 144 valence electrons. The number of carbonyl (C=O) groups is 2. The highest BCUT2D eigenvalue weighted by Crippen LogP contribution is 2.18. The first-order chi connectivity index (χ1) is 13.0. The molecule has 0 aliphatic heterocycles. The Labute approximate surface area is 159 Å². The smallest absolute Gasteiger partial charge is 0.265 e. The van der Waals surface area contributed by atoms with Gasteiger partial charge >= 0.3 is 0 Å². The summed E-state index contributed by atoms with van der Waals surface area (Å²) in [6.45, 7) is 4.56. The lowest BCUT2D eigenvalue weighted by molar-refractivity contribution is -0.122. The molecule has 2 N–H and O–H groups in total. The van der Waals surface area contributed by atoms with E-state index in [1.807, 2.05) is 24.3 Å². The topological polar surface area (TPSA) is 76.7 Å². The number of rotatable bonds is 9. The number of carbonyl (C=O) groups excluding carboxylic acids is 2. The van der Waals surface area contributed by atoms with Crippen molar-refractivity contribution in [2.75, 3.05) is 25.6 Å². The van der Waals surface area contributed by atoms with Crippen LogP contribution in [0.5, 0.6) is 5.75 Å². The minimum absolute atomic E-state index is 0.272. The SMILES string of the molecule is CCc1ccc(OC(C)C(=O)Nc2ccccc2C(=O)NCCOC)cc1. The van der Waals surface area contributed by atoms with E-state index in [4.69, 9.17) is 9.47 Å². The molecule has 1 atom stereocenters. The molecule has 6 heteroatoms. The zero-order valence-corrected chi connectivity index (χ0v) is 16.0. The normalized spacial score (nSPS) is 11.5. The lowest BCUT2D eigenvalue weighted by Crippen LogP contribution is -2.32. The molecular formula is C21H26N2O4. The average Bonchev–Trinajstić information content (AvgIpc) is 2.69. The van der Waals surface area contributed by atoms with Gasteiger partial charge in [0, 0.05) is 13.7 Å². The maximum atomic E-state index is 12.5. The standard InChI is InChI=1S/C21H26N2O4/c1-4-16-9-11-17(12-10-16)27-15(2)20(24)23-19-8-6-5-7-18(19)21(25)22-13-14-26-3/h5-12,15H,4,13-14H2,1-3H3,(H,22,25)(H,23,24). The molecule has 0 fully saturated rings. The first-order valence-electron chi connectivity index (χ1n) is 8.97. The van der Waals surface area contributed by atoms with Crippen LogP contribution in [0.4, 0.5) is 5.69 Å². The minimum atomic E-state index is -0.706. The van der Waals surface area contributed by atoms with E-state index in [-0.39, 0.29) is 11.8 Å². The number of anilines is 1. The first kappa shape index (κ1) is 20.5. The second kappa shape index (κ2) is 10.3. The molecule has 0 radical (unpaired) electrons. The van der Waals surface area contributed by atoms with Crippen LogP contribution in [0.3, 0.4) is 0 Å². The summed E-state index contributed by atoms with van der Waals surface area (Å²) in [5.74, 6) is 0.0267. The van der Waals surface area contributed by atoms with Crippen LogP contribution in [0.1, 0.15) is 29.8 Å². The van der Waals surface area contributed by atoms with Crippen LogP contribution in [0, 0.1) is 0 Å². The highest BCUT2D eigenvalue weighted by Gasteiger charge is 2.18. The van der Waals surface area contributed by atoms with Crippen LogP contribution in [0.25, 0.3) is 0 Å². The Balaban J connectivity index is 2.00. The molecule has 0 saturated heterocycles. The summed E-state index contributed by atoms with van der Waals surface area (Å²) in [6, 6.07) is 14.5. The summed E-state index contributed by atoms with van der Waals surface area (Å²) in [5, 5.41) is 5.52.